The number of ether oxygens (including phenoxy) is 1. The molecule has 0 bridgehead atoms. The summed E-state index contributed by atoms with van der Waals surface area (Å²) in [6.07, 6.45) is 6.99. The molecule has 0 aliphatic heterocycles. The number of rotatable bonds is 5. The molecule has 148 valence electrons. The second-order valence-corrected chi connectivity index (χ2v) is 7.92. The monoisotopic (exact) mass is 407 g/mol. The first-order valence-corrected chi connectivity index (χ1v) is 10.3. The van der Waals surface area contributed by atoms with Crippen molar-refractivity contribution in [3.8, 4) is 23.0 Å². The predicted molar refractivity (Wildman–Crippen MR) is 112 cm³/mol. The van der Waals surface area contributed by atoms with E-state index < -0.39 is 0 Å². The number of fused-ring (bicyclic) bond motifs is 1. The van der Waals surface area contributed by atoms with Gasteiger partial charge in [0, 0.05) is 24.2 Å². The van der Waals surface area contributed by atoms with Crippen molar-refractivity contribution < 1.29 is 4.74 Å². The average Bonchev–Trinajstić information content (AvgIpc) is 3.49. The summed E-state index contributed by atoms with van der Waals surface area (Å²) in [5.41, 5.74) is 5.86. The Labute approximate surface area is 172 Å². The molecule has 9 heteroatoms. The van der Waals surface area contributed by atoms with E-state index in [0.29, 0.717) is 5.88 Å². The lowest BCUT2D eigenvalue weighted by Gasteiger charge is -2.09. The summed E-state index contributed by atoms with van der Waals surface area (Å²) in [7, 11) is 3.59. The van der Waals surface area contributed by atoms with Crippen LogP contribution in [0.5, 0.6) is 5.88 Å². The van der Waals surface area contributed by atoms with Gasteiger partial charge in [-0.2, -0.15) is 5.10 Å². The molecule has 8 nitrogen and oxygen atoms in total. The molecule has 0 saturated carbocycles. The second-order valence-electron chi connectivity index (χ2n) is 7.06. The highest BCUT2D eigenvalue weighted by molar-refractivity contribution is 7.14. The average molecular weight is 408 g/mol. The number of methoxy groups -OCH3 is 1. The smallest absolute Gasteiger partial charge is 0.238 e. The second kappa shape index (κ2) is 7.00. The minimum atomic E-state index is 0.534. The third-order valence-corrected chi connectivity index (χ3v) is 5.84. The quantitative estimate of drug-likeness (QED) is 0.543. The highest BCUT2D eigenvalue weighted by atomic mass is 32.1. The van der Waals surface area contributed by atoms with Crippen molar-refractivity contribution in [2.75, 3.05) is 12.4 Å². The number of hydrogen-bond donors (Lipinski definition) is 1. The van der Waals surface area contributed by atoms with E-state index in [1.54, 1.807) is 24.8 Å². The van der Waals surface area contributed by atoms with Crippen molar-refractivity contribution in [2.45, 2.75) is 26.2 Å². The van der Waals surface area contributed by atoms with Crippen molar-refractivity contribution >= 4 is 22.3 Å². The zero-order valence-electron chi connectivity index (χ0n) is 16.5. The lowest BCUT2D eigenvalue weighted by molar-refractivity contribution is 0.396. The standard InChI is InChI=1S/C20H21N7OS/c1-12-9-27(11-21-12)17-8-7-15(22-19(17)28-3)16-10-29-20(23-16)24-18-13-5-4-6-14(13)25-26(18)2/h7-11H,4-6H2,1-3H3,(H,23,24). The van der Waals surface area contributed by atoms with Gasteiger partial charge in [-0.25, -0.2) is 15.0 Å². The third kappa shape index (κ3) is 3.17. The van der Waals surface area contributed by atoms with E-state index in [1.807, 2.05) is 46.9 Å². The minimum absolute atomic E-state index is 0.534. The van der Waals surface area contributed by atoms with Gasteiger partial charge in [-0.15, -0.1) is 11.3 Å². The Morgan fingerprint density at radius 3 is 2.86 bits per heavy atom. The summed E-state index contributed by atoms with van der Waals surface area (Å²) < 4.78 is 9.33. The van der Waals surface area contributed by atoms with Crippen LogP contribution in [0.4, 0.5) is 10.9 Å². The molecule has 0 saturated heterocycles. The molecule has 4 aromatic heterocycles. The van der Waals surface area contributed by atoms with Crippen LogP contribution in [0.2, 0.25) is 0 Å². The number of anilines is 2. The molecule has 0 fully saturated rings. The van der Waals surface area contributed by atoms with Gasteiger partial charge in [0.2, 0.25) is 5.88 Å². The van der Waals surface area contributed by atoms with E-state index in [1.165, 1.54) is 17.7 Å². The van der Waals surface area contributed by atoms with Gasteiger partial charge in [-0.1, -0.05) is 0 Å². The van der Waals surface area contributed by atoms with Crippen LogP contribution in [-0.4, -0.2) is 36.4 Å². The van der Waals surface area contributed by atoms with Crippen LogP contribution in [0.25, 0.3) is 17.1 Å². The van der Waals surface area contributed by atoms with Gasteiger partial charge < -0.3 is 14.6 Å². The number of aromatic nitrogens is 6. The van der Waals surface area contributed by atoms with E-state index in [-0.39, 0.29) is 0 Å². The van der Waals surface area contributed by atoms with Gasteiger partial charge in [-0.3, -0.25) is 4.68 Å². The first-order chi connectivity index (χ1) is 14.1. The number of nitrogens with one attached hydrogen (secondary N) is 1. The number of pyridine rings is 1. The molecule has 0 radical (unpaired) electrons. The molecule has 1 aliphatic rings. The summed E-state index contributed by atoms with van der Waals surface area (Å²) in [6.45, 7) is 1.95. The highest BCUT2D eigenvalue weighted by Crippen LogP contribution is 2.33. The van der Waals surface area contributed by atoms with Gasteiger partial charge in [0.25, 0.3) is 0 Å². The topological polar surface area (TPSA) is 82.7 Å². The van der Waals surface area contributed by atoms with Crippen molar-refractivity contribution in [3.05, 3.63) is 47.0 Å². The number of hydrogen-bond acceptors (Lipinski definition) is 7. The minimum Gasteiger partial charge on any atom is -0.479 e. The fourth-order valence-electron chi connectivity index (χ4n) is 3.70. The van der Waals surface area contributed by atoms with Crippen LogP contribution in [0, 0.1) is 6.92 Å². The van der Waals surface area contributed by atoms with Gasteiger partial charge in [-0.05, 0) is 38.3 Å². The van der Waals surface area contributed by atoms with Crippen molar-refractivity contribution in [2.24, 2.45) is 7.05 Å². The lowest BCUT2D eigenvalue weighted by atomic mass is 10.2. The number of nitrogens with zero attached hydrogens (tertiary/aromatic N) is 6. The van der Waals surface area contributed by atoms with E-state index in [0.717, 1.165) is 46.6 Å². The Morgan fingerprint density at radius 1 is 1.17 bits per heavy atom. The molecule has 0 aromatic carbocycles. The van der Waals surface area contributed by atoms with Crippen LogP contribution in [-0.2, 0) is 19.9 Å². The zero-order chi connectivity index (χ0) is 20.0. The number of aryl methyl sites for hydroxylation is 3. The molecular formula is C20H21N7OS. The molecule has 4 heterocycles. The van der Waals surface area contributed by atoms with Gasteiger partial charge >= 0.3 is 0 Å². The van der Waals surface area contributed by atoms with Crippen LogP contribution in [0.15, 0.2) is 30.0 Å². The Hall–Kier alpha value is -3.20. The lowest BCUT2D eigenvalue weighted by Crippen LogP contribution is -2.02. The fourth-order valence-corrected chi connectivity index (χ4v) is 4.40. The van der Waals surface area contributed by atoms with Crippen LogP contribution in [0.1, 0.15) is 23.4 Å². The molecule has 0 amide bonds. The summed E-state index contributed by atoms with van der Waals surface area (Å²) >= 11 is 1.55. The van der Waals surface area contributed by atoms with Crippen molar-refractivity contribution in [1.29, 1.82) is 0 Å². The Morgan fingerprint density at radius 2 is 2.07 bits per heavy atom. The van der Waals surface area contributed by atoms with Crippen molar-refractivity contribution in [3.63, 3.8) is 0 Å². The van der Waals surface area contributed by atoms with E-state index in [2.05, 4.69) is 20.4 Å². The maximum atomic E-state index is 5.52. The van der Waals surface area contributed by atoms with Gasteiger partial charge in [0.05, 0.1) is 30.5 Å². The number of imidazole rings is 1. The van der Waals surface area contributed by atoms with E-state index in [9.17, 15) is 0 Å². The summed E-state index contributed by atoms with van der Waals surface area (Å²) in [5.74, 6) is 1.57. The van der Waals surface area contributed by atoms with Crippen molar-refractivity contribution in [1.82, 2.24) is 29.3 Å². The Bertz CT molecular complexity index is 1190. The molecule has 1 N–H and O–H groups in total. The molecule has 1 aliphatic carbocycles. The summed E-state index contributed by atoms with van der Waals surface area (Å²) in [5, 5.41) is 10.9. The maximum Gasteiger partial charge on any atom is 0.238 e. The van der Waals surface area contributed by atoms with E-state index in [4.69, 9.17) is 9.72 Å². The van der Waals surface area contributed by atoms with Gasteiger partial charge in [0.15, 0.2) is 5.13 Å². The summed E-state index contributed by atoms with van der Waals surface area (Å²) in [4.78, 5) is 13.7. The molecular weight excluding hydrogens is 386 g/mol. The normalized spacial score (nSPS) is 12.9. The molecule has 0 atom stereocenters. The number of thiazole rings is 1. The largest absolute Gasteiger partial charge is 0.479 e. The molecule has 5 rings (SSSR count). The predicted octanol–water partition coefficient (Wildman–Crippen LogP) is 3.67. The summed E-state index contributed by atoms with van der Waals surface area (Å²) in [6, 6.07) is 3.93. The van der Waals surface area contributed by atoms with Crippen LogP contribution in [0.3, 0.4) is 0 Å². The van der Waals surface area contributed by atoms with Crippen LogP contribution >= 0.6 is 11.3 Å². The fraction of sp³-hybridized carbons (Fsp3) is 0.300. The van der Waals surface area contributed by atoms with Crippen LogP contribution < -0.4 is 10.1 Å². The van der Waals surface area contributed by atoms with Gasteiger partial charge in [0.1, 0.15) is 17.2 Å². The zero-order valence-corrected chi connectivity index (χ0v) is 17.3. The first-order valence-electron chi connectivity index (χ1n) is 9.46. The molecule has 29 heavy (non-hydrogen) atoms. The Kier molecular flexibility index (Phi) is 4.31. The maximum absolute atomic E-state index is 5.52. The molecule has 0 unspecified atom stereocenters. The Balaban J connectivity index is 1.43. The third-order valence-electron chi connectivity index (χ3n) is 5.08. The molecule has 4 aromatic rings. The molecule has 0 spiro atoms. The first kappa shape index (κ1) is 17.9. The van der Waals surface area contributed by atoms with E-state index >= 15 is 0 Å². The highest BCUT2D eigenvalue weighted by Gasteiger charge is 2.21. The SMILES string of the molecule is COc1nc(-c2csc(Nc3c4c(nn3C)CCC4)n2)ccc1-n1cnc(C)c1.